The smallest absolute Gasteiger partial charge is 0.267 e. The number of benzene rings is 2. The summed E-state index contributed by atoms with van der Waals surface area (Å²) in [7, 11) is 0. The summed E-state index contributed by atoms with van der Waals surface area (Å²) >= 11 is 7.22. The van der Waals surface area contributed by atoms with E-state index in [9.17, 15) is 9.59 Å². The van der Waals surface area contributed by atoms with Gasteiger partial charge in [-0.3, -0.25) is 9.59 Å². The van der Waals surface area contributed by atoms with Gasteiger partial charge in [-0.15, -0.1) is 0 Å². The van der Waals surface area contributed by atoms with Crippen LogP contribution in [0.15, 0.2) is 42.5 Å². The molecule has 1 heterocycles. The molecule has 0 atom stereocenters. The molecule has 1 aliphatic carbocycles. The van der Waals surface area contributed by atoms with Crippen LogP contribution in [0.5, 0.6) is 0 Å². The molecule has 2 amide bonds. The van der Waals surface area contributed by atoms with E-state index in [-0.39, 0.29) is 17.9 Å². The number of aromatic nitrogens is 1. The van der Waals surface area contributed by atoms with Crippen molar-refractivity contribution in [1.29, 1.82) is 0 Å². The highest BCUT2D eigenvalue weighted by Crippen LogP contribution is 2.26. The molecular weight excluding hydrogens is 432 g/mol. The van der Waals surface area contributed by atoms with E-state index < -0.39 is 0 Å². The average Bonchev–Trinajstić information content (AvgIpc) is 3.48. The highest BCUT2D eigenvalue weighted by atomic mass is 35.5. The van der Waals surface area contributed by atoms with E-state index >= 15 is 0 Å². The number of anilines is 2. The van der Waals surface area contributed by atoms with Crippen molar-refractivity contribution in [3.05, 3.63) is 74.7 Å². The van der Waals surface area contributed by atoms with Crippen LogP contribution in [0, 0.1) is 13.8 Å². The van der Waals surface area contributed by atoms with Crippen LogP contribution in [0.1, 0.15) is 49.7 Å². The van der Waals surface area contributed by atoms with Gasteiger partial charge in [0.15, 0.2) is 5.13 Å². The van der Waals surface area contributed by atoms with Crippen LogP contribution in [-0.2, 0) is 6.54 Å². The predicted molar refractivity (Wildman–Crippen MR) is 125 cm³/mol. The molecule has 1 saturated carbocycles. The Labute approximate surface area is 190 Å². The van der Waals surface area contributed by atoms with E-state index in [2.05, 4.69) is 20.9 Å². The number of carbonyl (C=O) groups excluding carboxylic acids is 2. The lowest BCUT2D eigenvalue weighted by Crippen LogP contribution is -2.25. The van der Waals surface area contributed by atoms with Crippen molar-refractivity contribution < 1.29 is 9.59 Å². The molecule has 31 heavy (non-hydrogen) atoms. The third kappa shape index (κ3) is 5.42. The van der Waals surface area contributed by atoms with Crippen molar-refractivity contribution in [1.82, 2.24) is 10.3 Å². The fourth-order valence-corrected chi connectivity index (χ4v) is 4.02. The summed E-state index contributed by atoms with van der Waals surface area (Å²) in [6.45, 7) is 4.30. The maximum absolute atomic E-state index is 12.9. The van der Waals surface area contributed by atoms with Gasteiger partial charge >= 0.3 is 0 Å². The number of amides is 2. The number of halogens is 1. The topological polar surface area (TPSA) is 83.1 Å². The number of carbonyl (C=O) groups is 2. The molecule has 0 spiro atoms. The molecule has 8 heteroatoms. The molecule has 1 aliphatic rings. The molecule has 0 unspecified atom stereocenters. The van der Waals surface area contributed by atoms with Crippen LogP contribution >= 0.6 is 22.9 Å². The minimum atomic E-state index is -0.239. The predicted octanol–water partition coefficient (Wildman–Crippen LogP) is 5.17. The fourth-order valence-electron chi connectivity index (χ4n) is 3.04. The zero-order valence-electron chi connectivity index (χ0n) is 17.3. The van der Waals surface area contributed by atoms with Gasteiger partial charge in [-0.2, -0.15) is 0 Å². The molecule has 0 bridgehead atoms. The molecule has 3 N–H and O–H groups in total. The monoisotopic (exact) mass is 454 g/mol. The number of thiazole rings is 1. The number of rotatable bonds is 7. The molecule has 160 valence electrons. The van der Waals surface area contributed by atoms with E-state index in [1.54, 1.807) is 12.1 Å². The Hall–Kier alpha value is -2.90. The van der Waals surface area contributed by atoms with Gasteiger partial charge in [0.25, 0.3) is 11.8 Å². The highest BCUT2D eigenvalue weighted by molar-refractivity contribution is 7.17. The summed E-state index contributed by atoms with van der Waals surface area (Å²) in [6, 6.07) is 13.2. The van der Waals surface area contributed by atoms with Crippen molar-refractivity contribution in [2.75, 3.05) is 10.6 Å². The Kier molecular flexibility index (Phi) is 6.25. The van der Waals surface area contributed by atoms with Crippen LogP contribution < -0.4 is 16.0 Å². The molecule has 0 radical (unpaired) electrons. The summed E-state index contributed by atoms with van der Waals surface area (Å²) in [5.41, 5.74) is 3.78. The van der Waals surface area contributed by atoms with E-state index in [0.717, 1.165) is 24.0 Å². The van der Waals surface area contributed by atoms with E-state index in [4.69, 9.17) is 11.6 Å². The molecule has 3 aromatic rings. The molecule has 0 saturated heterocycles. The SMILES string of the molecule is Cc1ccc(C(=O)NC2CC2)cc1NC(=O)c1sc(NCc2ccc(Cl)cc2)nc1C. The normalized spacial score (nSPS) is 13.0. The van der Waals surface area contributed by atoms with Gasteiger partial charge in [-0.05, 0) is 62.1 Å². The van der Waals surface area contributed by atoms with Crippen molar-refractivity contribution in [2.45, 2.75) is 39.3 Å². The van der Waals surface area contributed by atoms with Gasteiger partial charge in [0.05, 0.1) is 5.69 Å². The standard InChI is InChI=1S/C23H23ClN4O2S/c1-13-3-6-16(21(29)27-18-9-10-18)11-19(13)28-22(30)20-14(2)26-23(31-20)25-12-15-4-7-17(24)8-5-15/h3-8,11,18H,9-10,12H2,1-2H3,(H,25,26)(H,27,29)(H,28,30). The van der Waals surface area contributed by atoms with E-state index in [0.29, 0.717) is 38.5 Å². The zero-order chi connectivity index (χ0) is 22.0. The Morgan fingerprint density at radius 3 is 2.55 bits per heavy atom. The number of aryl methyl sites for hydroxylation is 2. The lowest BCUT2D eigenvalue weighted by Gasteiger charge is -2.10. The first-order valence-corrected chi connectivity index (χ1v) is 11.3. The van der Waals surface area contributed by atoms with Gasteiger partial charge in [0.1, 0.15) is 4.88 Å². The van der Waals surface area contributed by atoms with Gasteiger partial charge < -0.3 is 16.0 Å². The Balaban J connectivity index is 1.43. The van der Waals surface area contributed by atoms with Crippen molar-refractivity contribution in [3.8, 4) is 0 Å². The summed E-state index contributed by atoms with van der Waals surface area (Å²) < 4.78 is 0. The minimum absolute atomic E-state index is 0.111. The Morgan fingerprint density at radius 1 is 1.10 bits per heavy atom. The second-order valence-corrected chi connectivity index (χ2v) is 9.08. The lowest BCUT2D eigenvalue weighted by molar-refractivity contribution is 0.0949. The molecule has 2 aromatic carbocycles. The lowest BCUT2D eigenvalue weighted by atomic mass is 10.1. The summed E-state index contributed by atoms with van der Waals surface area (Å²) in [5, 5.41) is 10.5. The summed E-state index contributed by atoms with van der Waals surface area (Å²) in [4.78, 5) is 30.2. The highest BCUT2D eigenvalue weighted by Gasteiger charge is 2.24. The van der Waals surface area contributed by atoms with Crippen molar-refractivity contribution >= 4 is 45.6 Å². The molecule has 0 aliphatic heterocycles. The Bertz CT molecular complexity index is 1120. The van der Waals surface area contributed by atoms with Gasteiger partial charge in [0.2, 0.25) is 0 Å². The molecule has 1 fully saturated rings. The summed E-state index contributed by atoms with van der Waals surface area (Å²) in [6.07, 6.45) is 2.06. The van der Waals surface area contributed by atoms with Crippen molar-refractivity contribution in [3.63, 3.8) is 0 Å². The molecule has 1 aromatic heterocycles. The quantitative estimate of drug-likeness (QED) is 0.460. The third-order valence-corrected chi connectivity index (χ3v) is 6.39. The van der Waals surface area contributed by atoms with Crippen LogP contribution in [-0.4, -0.2) is 22.8 Å². The van der Waals surface area contributed by atoms with Crippen LogP contribution in [0.4, 0.5) is 10.8 Å². The average molecular weight is 455 g/mol. The maximum Gasteiger partial charge on any atom is 0.267 e. The Morgan fingerprint density at radius 2 is 1.84 bits per heavy atom. The largest absolute Gasteiger partial charge is 0.357 e. The second-order valence-electron chi connectivity index (χ2n) is 7.65. The van der Waals surface area contributed by atoms with E-state index in [1.165, 1.54) is 11.3 Å². The second kappa shape index (κ2) is 9.08. The number of nitrogens with one attached hydrogen (secondary N) is 3. The number of hydrogen-bond acceptors (Lipinski definition) is 5. The van der Waals surface area contributed by atoms with E-state index in [1.807, 2.05) is 44.2 Å². The number of hydrogen-bond donors (Lipinski definition) is 3. The van der Waals surface area contributed by atoms with Crippen LogP contribution in [0.3, 0.4) is 0 Å². The van der Waals surface area contributed by atoms with Crippen LogP contribution in [0.25, 0.3) is 0 Å². The molecule has 6 nitrogen and oxygen atoms in total. The fraction of sp³-hybridized carbons (Fsp3) is 0.261. The van der Waals surface area contributed by atoms with Gasteiger partial charge in [-0.25, -0.2) is 4.98 Å². The van der Waals surface area contributed by atoms with Gasteiger partial charge in [-0.1, -0.05) is 41.1 Å². The first-order chi connectivity index (χ1) is 14.9. The minimum Gasteiger partial charge on any atom is -0.357 e. The number of nitrogens with zero attached hydrogens (tertiary/aromatic N) is 1. The first kappa shape index (κ1) is 21.3. The third-order valence-electron chi connectivity index (χ3n) is 5.02. The van der Waals surface area contributed by atoms with Gasteiger partial charge in [0, 0.05) is 28.9 Å². The van der Waals surface area contributed by atoms with Crippen molar-refractivity contribution in [2.24, 2.45) is 0 Å². The zero-order valence-corrected chi connectivity index (χ0v) is 18.9. The maximum atomic E-state index is 12.9. The molecular formula is C23H23ClN4O2S. The first-order valence-electron chi connectivity index (χ1n) is 10.1. The molecule has 4 rings (SSSR count). The van der Waals surface area contributed by atoms with Crippen LogP contribution in [0.2, 0.25) is 5.02 Å². The summed E-state index contributed by atoms with van der Waals surface area (Å²) in [5.74, 6) is -0.349.